The summed E-state index contributed by atoms with van der Waals surface area (Å²) in [6.45, 7) is 2.50. The van der Waals surface area contributed by atoms with E-state index in [1.807, 2.05) is 0 Å². The lowest BCUT2D eigenvalue weighted by atomic mass is 9.97. The molecular formula is C16H22F3N3O3. The molecule has 2 aliphatic heterocycles. The van der Waals surface area contributed by atoms with E-state index < -0.39 is 36.2 Å². The second-order valence-electron chi connectivity index (χ2n) is 6.52. The first-order valence-electron chi connectivity index (χ1n) is 8.35. The number of ether oxygens (including phenoxy) is 1. The third-order valence-corrected chi connectivity index (χ3v) is 4.64. The molecule has 4 atom stereocenters. The van der Waals surface area contributed by atoms with E-state index in [4.69, 9.17) is 4.74 Å². The smallest absolute Gasteiger partial charge is 0.388 e. The van der Waals surface area contributed by atoms with Crippen LogP contribution in [-0.2, 0) is 10.9 Å². The highest BCUT2D eigenvalue weighted by Crippen LogP contribution is 2.28. The van der Waals surface area contributed by atoms with E-state index in [1.165, 1.54) is 12.1 Å². The molecule has 0 bridgehead atoms. The fraction of sp³-hybridized carbons (Fsp3) is 0.688. The second kappa shape index (κ2) is 7.45. The molecule has 2 aliphatic rings. The third-order valence-electron chi connectivity index (χ3n) is 4.64. The zero-order valence-corrected chi connectivity index (χ0v) is 13.6. The molecule has 0 radical (unpaired) electrons. The van der Waals surface area contributed by atoms with Crippen molar-refractivity contribution in [3.63, 3.8) is 0 Å². The molecule has 0 amide bonds. The lowest BCUT2D eigenvalue weighted by Gasteiger charge is -2.39. The Bertz CT molecular complexity index is 581. The number of nitrogens with one attached hydrogen (secondary N) is 1. The molecule has 3 heterocycles. The van der Waals surface area contributed by atoms with Crippen LogP contribution in [0, 0.1) is 0 Å². The summed E-state index contributed by atoms with van der Waals surface area (Å²) in [6.07, 6.45) is -5.11. The summed E-state index contributed by atoms with van der Waals surface area (Å²) < 4.78 is 43.8. The zero-order valence-electron chi connectivity index (χ0n) is 13.6. The Morgan fingerprint density at radius 2 is 1.92 bits per heavy atom. The molecule has 2 saturated heterocycles. The summed E-state index contributed by atoms with van der Waals surface area (Å²) >= 11 is 0. The van der Waals surface area contributed by atoms with Gasteiger partial charge >= 0.3 is 6.18 Å². The van der Waals surface area contributed by atoms with Crippen LogP contribution in [0.5, 0.6) is 0 Å². The number of hydrogen-bond donors (Lipinski definition) is 3. The summed E-state index contributed by atoms with van der Waals surface area (Å²) in [4.78, 5) is 5.68. The number of aliphatic hydroxyl groups excluding tert-OH is 2. The number of aromatic nitrogens is 1. The van der Waals surface area contributed by atoms with Gasteiger partial charge in [-0.05, 0) is 38.1 Å². The van der Waals surface area contributed by atoms with Crippen molar-refractivity contribution < 1.29 is 28.1 Å². The number of pyridine rings is 1. The minimum atomic E-state index is -4.54. The molecular weight excluding hydrogens is 339 g/mol. The van der Waals surface area contributed by atoms with Crippen LogP contribution < -0.4 is 5.32 Å². The summed E-state index contributed by atoms with van der Waals surface area (Å²) in [6, 6.07) is 2.76. The van der Waals surface area contributed by atoms with Crippen LogP contribution in [-0.4, -0.2) is 70.7 Å². The van der Waals surface area contributed by atoms with Gasteiger partial charge in [-0.15, -0.1) is 0 Å². The predicted molar refractivity (Wildman–Crippen MR) is 84.1 cm³/mol. The van der Waals surface area contributed by atoms with Gasteiger partial charge in [-0.2, -0.15) is 13.2 Å². The Morgan fingerprint density at radius 3 is 2.60 bits per heavy atom. The number of anilines is 1. The van der Waals surface area contributed by atoms with Crippen molar-refractivity contribution in [1.82, 2.24) is 9.88 Å². The van der Waals surface area contributed by atoms with Crippen LogP contribution in [0.4, 0.5) is 19.0 Å². The molecule has 0 saturated carbocycles. The molecule has 0 unspecified atom stereocenters. The van der Waals surface area contributed by atoms with Gasteiger partial charge in [0.05, 0.1) is 18.8 Å². The van der Waals surface area contributed by atoms with E-state index in [-0.39, 0.29) is 12.4 Å². The normalized spacial score (nSPS) is 31.2. The third kappa shape index (κ3) is 4.41. The van der Waals surface area contributed by atoms with Gasteiger partial charge in [-0.1, -0.05) is 6.07 Å². The average Bonchev–Trinajstić information content (AvgIpc) is 3.07. The number of halogens is 3. The van der Waals surface area contributed by atoms with Crippen LogP contribution >= 0.6 is 0 Å². The lowest BCUT2D eigenvalue weighted by Crippen LogP contribution is -2.58. The Balaban J connectivity index is 1.61. The Hall–Kier alpha value is -1.42. The Kier molecular flexibility index (Phi) is 5.47. The van der Waals surface area contributed by atoms with Crippen molar-refractivity contribution in [3.05, 3.63) is 23.9 Å². The maximum Gasteiger partial charge on any atom is 0.433 e. The highest BCUT2D eigenvalue weighted by Gasteiger charge is 2.40. The van der Waals surface area contributed by atoms with E-state index in [2.05, 4.69) is 15.2 Å². The molecule has 1 aromatic rings. The maximum atomic E-state index is 12.7. The largest absolute Gasteiger partial charge is 0.433 e. The summed E-state index contributed by atoms with van der Waals surface area (Å²) in [5, 5.41) is 23.3. The van der Waals surface area contributed by atoms with Crippen LogP contribution in [0.2, 0.25) is 0 Å². The van der Waals surface area contributed by atoms with E-state index in [9.17, 15) is 23.4 Å². The van der Waals surface area contributed by atoms with Gasteiger partial charge in [0.25, 0.3) is 0 Å². The molecule has 2 fully saturated rings. The van der Waals surface area contributed by atoms with Crippen LogP contribution in [0.1, 0.15) is 18.5 Å². The monoisotopic (exact) mass is 361 g/mol. The van der Waals surface area contributed by atoms with E-state index in [0.717, 1.165) is 32.0 Å². The minimum absolute atomic E-state index is 0.0207. The van der Waals surface area contributed by atoms with Crippen LogP contribution in [0.3, 0.4) is 0 Å². The quantitative estimate of drug-likeness (QED) is 0.746. The number of hydrogen-bond acceptors (Lipinski definition) is 6. The van der Waals surface area contributed by atoms with Crippen LogP contribution in [0.15, 0.2) is 18.2 Å². The number of likely N-dealkylation sites (tertiary alicyclic amines) is 1. The van der Waals surface area contributed by atoms with Gasteiger partial charge in [0, 0.05) is 6.54 Å². The van der Waals surface area contributed by atoms with Gasteiger partial charge < -0.3 is 25.2 Å². The standard InChI is InChI=1S/C16H22F3N3O3/c17-16(18,19)12-4-3-5-13(21-12)20-10-9-25-11(15(24)14(10)23)8-22-6-1-2-7-22/h3-5,10-11,14-15,23-24H,1-2,6-9H2,(H,20,21)/t10-,11+,14+,15-/m0/s1. The molecule has 6 nitrogen and oxygen atoms in total. The fourth-order valence-corrected chi connectivity index (χ4v) is 3.25. The van der Waals surface area contributed by atoms with E-state index in [1.54, 1.807) is 0 Å². The second-order valence-corrected chi connectivity index (χ2v) is 6.52. The van der Waals surface area contributed by atoms with Gasteiger partial charge in [-0.3, -0.25) is 0 Å². The molecule has 0 aromatic carbocycles. The minimum Gasteiger partial charge on any atom is -0.388 e. The summed E-state index contributed by atoms with van der Waals surface area (Å²) in [5.74, 6) is -0.0207. The fourth-order valence-electron chi connectivity index (χ4n) is 3.25. The molecule has 3 rings (SSSR count). The van der Waals surface area contributed by atoms with Crippen molar-refractivity contribution in [2.75, 3.05) is 31.6 Å². The molecule has 9 heteroatoms. The predicted octanol–water partition coefficient (Wildman–Crippen LogP) is 1.10. The topological polar surface area (TPSA) is 77.8 Å². The number of nitrogens with zero attached hydrogens (tertiary/aromatic N) is 2. The first kappa shape index (κ1) is 18.4. The summed E-state index contributed by atoms with van der Waals surface area (Å²) in [5.41, 5.74) is -1.02. The first-order valence-corrected chi connectivity index (χ1v) is 8.35. The van der Waals surface area contributed by atoms with Gasteiger partial charge in [0.1, 0.15) is 23.7 Å². The molecule has 1 aromatic heterocycles. The highest BCUT2D eigenvalue weighted by atomic mass is 19.4. The van der Waals surface area contributed by atoms with E-state index >= 15 is 0 Å². The number of rotatable bonds is 4. The molecule has 0 aliphatic carbocycles. The van der Waals surface area contributed by atoms with Gasteiger partial charge in [0.15, 0.2) is 0 Å². The Morgan fingerprint density at radius 1 is 1.20 bits per heavy atom. The van der Waals surface area contributed by atoms with Crippen molar-refractivity contribution in [3.8, 4) is 0 Å². The molecule has 3 N–H and O–H groups in total. The molecule has 0 spiro atoms. The van der Waals surface area contributed by atoms with Crippen molar-refractivity contribution in [2.45, 2.75) is 43.4 Å². The molecule has 140 valence electrons. The molecule has 25 heavy (non-hydrogen) atoms. The maximum absolute atomic E-state index is 12.7. The zero-order chi connectivity index (χ0) is 18.0. The number of alkyl halides is 3. The average molecular weight is 361 g/mol. The van der Waals surface area contributed by atoms with Crippen LogP contribution in [0.25, 0.3) is 0 Å². The van der Waals surface area contributed by atoms with Crippen molar-refractivity contribution in [1.29, 1.82) is 0 Å². The van der Waals surface area contributed by atoms with Gasteiger partial charge in [-0.25, -0.2) is 4.98 Å². The van der Waals surface area contributed by atoms with Crippen molar-refractivity contribution >= 4 is 5.82 Å². The van der Waals surface area contributed by atoms with Crippen molar-refractivity contribution in [2.24, 2.45) is 0 Å². The first-order chi connectivity index (χ1) is 11.8. The van der Waals surface area contributed by atoms with Gasteiger partial charge in [0.2, 0.25) is 0 Å². The highest BCUT2D eigenvalue weighted by molar-refractivity contribution is 5.37. The Labute approximate surface area is 143 Å². The number of aliphatic hydroxyl groups is 2. The summed E-state index contributed by atoms with van der Waals surface area (Å²) in [7, 11) is 0. The SMILES string of the molecule is O[C@@H]1[C@H](O)[C@@H](Nc2cccc(C(F)(F)F)n2)CO[C@@H]1CN1CCCC1. The van der Waals surface area contributed by atoms with E-state index in [0.29, 0.717) is 6.54 Å². The lowest BCUT2D eigenvalue weighted by molar-refractivity contribution is -0.146.